The van der Waals surface area contributed by atoms with Crippen molar-refractivity contribution in [2.45, 2.75) is 6.42 Å². The lowest BCUT2D eigenvalue weighted by Crippen LogP contribution is -1.98. The Kier molecular flexibility index (Phi) is 4.39. The maximum Gasteiger partial charge on any atom is 0.337 e. The molecule has 0 saturated carbocycles. The van der Waals surface area contributed by atoms with Gasteiger partial charge in [-0.3, -0.25) is 9.59 Å². The van der Waals surface area contributed by atoms with E-state index in [4.69, 9.17) is 5.11 Å². The first-order valence-corrected chi connectivity index (χ1v) is 2.69. The molecule has 0 amide bonds. The van der Waals surface area contributed by atoms with Crippen molar-refractivity contribution in [3.05, 3.63) is 12.2 Å². The van der Waals surface area contributed by atoms with Crippen LogP contribution in [-0.4, -0.2) is 23.5 Å². The van der Waals surface area contributed by atoms with E-state index in [0.29, 0.717) is 0 Å². The molecular formula is C6H6O5. The average molecular weight is 158 g/mol. The van der Waals surface area contributed by atoms with Crippen LogP contribution in [0.3, 0.4) is 0 Å². The maximum atomic E-state index is 10.3. The van der Waals surface area contributed by atoms with Crippen molar-refractivity contribution in [2.75, 3.05) is 0 Å². The highest BCUT2D eigenvalue weighted by Gasteiger charge is 1.94. The molecular weight excluding hydrogens is 152 g/mol. The van der Waals surface area contributed by atoms with Gasteiger partial charge in [0.2, 0.25) is 0 Å². The van der Waals surface area contributed by atoms with Gasteiger partial charge in [-0.05, 0) is 0 Å². The van der Waals surface area contributed by atoms with Crippen molar-refractivity contribution < 1.29 is 24.2 Å². The SMILES string of the molecule is O=COC(=O)/C=C/CC(=O)O. The van der Waals surface area contributed by atoms with Gasteiger partial charge in [-0.2, -0.15) is 0 Å². The van der Waals surface area contributed by atoms with Gasteiger partial charge in [-0.1, -0.05) is 6.08 Å². The molecule has 0 aromatic carbocycles. The van der Waals surface area contributed by atoms with Crippen LogP contribution in [0.1, 0.15) is 6.42 Å². The van der Waals surface area contributed by atoms with E-state index in [9.17, 15) is 14.4 Å². The molecule has 0 unspecified atom stereocenters. The van der Waals surface area contributed by atoms with Gasteiger partial charge in [-0.25, -0.2) is 4.79 Å². The van der Waals surface area contributed by atoms with Crippen molar-refractivity contribution in [2.24, 2.45) is 0 Å². The topological polar surface area (TPSA) is 80.7 Å². The van der Waals surface area contributed by atoms with Crippen molar-refractivity contribution >= 4 is 18.4 Å². The summed E-state index contributed by atoms with van der Waals surface area (Å²) in [6, 6.07) is 0. The highest BCUT2D eigenvalue weighted by atomic mass is 16.6. The molecule has 0 fully saturated rings. The Balaban J connectivity index is 3.64. The summed E-state index contributed by atoms with van der Waals surface area (Å²) in [6.07, 6.45) is 1.70. The van der Waals surface area contributed by atoms with Gasteiger partial charge in [0.05, 0.1) is 6.42 Å². The van der Waals surface area contributed by atoms with Gasteiger partial charge in [0.25, 0.3) is 0 Å². The molecule has 0 aromatic rings. The number of carboxylic acids is 1. The van der Waals surface area contributed by atoms with Crippen LogP contribution >= 0.6 is 0 Å². The second-order valence-corrected chi connectivity index (χ2v) is 1.53. The first kappa shape index (κ1) is 9.35. The highest BCUT2D eigenvalue weighted by Crippen LogP contribution is 1.84. The van der Waals surface area contributed by atoms with Crippen LogP contribution in [0.25, 0.3) is 0 Å². The summed E-state index contributed by atoms with van der Waals surface area (Å²) in [4.78, 5) is 29.7. The fourth-order valence-electron chi connectivity index (χ4n) is 0.343. The van der Waals surface area contributed by atoms with E-state index >= 15 is 0 Å². The molecule has 0 bridgehead atoms. The molecule has 0 rings (SSSR count). The fourth-order valence-corrected chi connectivity index (χ4v) is 0.343. The summed E-state index contributed by atoms with van der Waals surface area (Å²) in [5.41, 5.74) is 0. The van der Waals surface area contributed by atoms with Crippen molar-refractivity contribution in [3.63, 3.8) is 0 Å². The van der Waals surface area contributed by atoms with Crippen LogP contribution in [0.2, 0.25) is 0 Å². The van der Waals surface area contributed by atoms with Gasteiger partial charge in [0.15, 0.2) is 0 Å². The zero-order valence-electron chi connectivity index (χ0n) is 5.52. The second-order valence-electron chi connectivity index (χ2n) is 1.53. The summed E-state index contributed by atoms with van der Waals surface area (Å²) in [6.45, 7) is -0.0204. The van der Waals surface area contributed by atoms with E-state index in [1.54, 1.807) is 0 Å². The van der Waals surface area contributed by atoms with E-state index < -0.39 is 11.9 Å². The number of aliphatic carboxylic acids is 1. The molecule has 5 heteroatoms. The Labute approximate surface area is 62.3 Å². The summed E-state index contributed by atoms with van der Waals surface area (Å²) in [7, 11) is 0. The summed E-state index contributed by atoms with van der Waals surface area (Å²) in [5, 5.41) is 8.08. The minimum atomic E-state index is -1.06. The predicted octanol–water partition coefficient (Wildman–Crippen LogP) is -0.283. The largest absolute Gasteiger partial charge is 0.481 e. The number of carboxylic acid groups (broad SMARTS) is 1. The number of carbonyl (C=O) groups excluding carboxylic acids is 2. The van der Waals surface area contributed by atoms with Crippen molar-refractivity contribution in [3.8, 4) is 0 Å². The third-order valence-corrected chi connectivity index (χ3v) is 0.711. The Hall–Kier alpha value is -1.65. The molecule has 0 aliphatic rings. The molecule has 5 nitrogen and oxygen atoms in total. The molecule has 0 spiro atoms. The third kappa shape index (κ3) is 6.23. The fraction of sp³-hybridized carbons (Fsp3) is 0.167. The molecule has 0 aliphatic heterocycles. The lowest BCUT2D eigenvalue weighted by Gasteiger charge is -1.85. The van der Waals surface area contributed by atoms with Crippen molar-refractivity contribution in [1.82, 2.24) is 0 Å². The van der Waals surface area contributed by atoms with Gasteiger partial charge in [0, 0.05) is 6.08 Å². The van der Waals surface area contributed by atoms with E-state index in [0.717, 1.165) is 12.2 Å². The van der Waals surface area contributed by atoms with Crippen LogP contribution in [0.4, 0.5) is 0 Å². The molecule has 0 aromatic heterocycles. The minimum Gasteiger partial charge on any atom is -0.481 e. The summed E-state index contributed by atoms with van der Waals surface area (Å²) in [5.74, 6) is -1.93. The van der Waals surface area contributed by atoms with Gasteiger partial charge < -0.3 is 9.84 Å². The second kappa shape index (κ2) is 5.16. The number of carbonyl (C=O) groups is 3. The van der Waals surface area contributed by atoms with Crippen LogP contribution in [0.15, 0.2) is 12.2 Å². The zero-order chi connectivity index (χ0) is 8.69. The molecule has 0 radical (unpaired) electrons. The van der Waals surface area contributed by atoms with E-state index in [-0.39, 0.29) is 12.9 Å². The van der Waals surface area contributed by atoms with E-state index in [1.165, 1.54) is 0 Å². The Morgan fingerprint density at radius 1 is 1.45 bits per heavy atom. The minimum absolute atomic E-state index is 0.0204. The van der Waals surface area contributed by atoms with Gasteiger partial charge in [0.1, 0.15) is 0 Å². The summed E-state index contributed by atoms with van der Waals surface area (Å²) >= 11 is 0. The molecule has 11 heavy (non-hydrogen) atoms. The van der Waals surface area contributed by atoms with Crippen LogP contribution in [0.5, 0.6) is 0 Å². The zero-order valence-corrected chi connectivity index (χ0v) is 5.52. The molecule has 0 aliphatic carbocycles. The van der Waals surface area contributed by atoms with Gasteiger partial charge >= 0.3 is 18.4 Å². The normalized spacial score (nSPS) is 9.45. The number of esters is 1. The number of rotatable bonds is 4. The Bertz CT molecular complexity index is 193. The van der Waals surface area contributed by atoms with Crippen LogP contribution in [-0.2, 0) is 19.1 Å². The molecule has 1 N–H and O–H groups in total. The molecule has 60 valence electrons. The first-order valence-electron chi connectivity index (χ1n) is 2.69. The number of hydrogen-bond donors (Lipinski definition) is 1. The monoisotopic (exact) mass is 158 g/mol. The van der Waals surface area contributed by atoms with Crippen molar-refractivity contribution in [1.29, 1.82) is 0 Å². The summed E-state index contributed by atoms with van der Waals surface area (Å²) < 4.78 is 3.82. The quantitative estimate of drug-likeness (QED) is 0.263. The van der Waals surface area contributed by atoms with E-state index in [2.05, 4.69) is 4.74 Å². The molecule has 0 saturated heterocycles. The Morgan fingerprint density at radius 2 is 2.09 bits per heavy atom. The number of hydrogen-bond acceptors (Lipinski definition) is 4. The molecule has 0 atom stereocenters. The lowest BCUT2D eigenvalue weighted by molar-refractivity contribution is -0.147. The number of ether oxygens (including phenoxy) is 1. The third-order valence-electron chi connectivity index (χ3n) is 0.711. The lowest BCUT2D eigenvalue weighted by atomic mass is 10.4. The van der Waals surface area contributed by atoms with Crippen LogP contribution < -0.4 is 0 Å². The smallest absolute Gasteiger partial charge is 0.337 e. The van der Waals surface area contributed by atoms with E-state index in [1.807, 2.05) is 0 Å². The van der Waals surface area contributed by atoms with Crippen LogP contribution in [0, 0.1) is 0 Å². The highest BCUT2D eigenvalue weighted by molar-refractivity contribution is 5.87. The molecule has 0 heterocycles. The standard InChI is InChI=1S/C6H6O5/c7-4-11-6(10)3-1-2-5(8)9/h1,3-4H,2H2,(H,8,9)/b3-1+. The average Bonchev–Trinajstić information content (AvgIpc) is 1.87. The maximum absolute atomic E-state index is 10.3. The Morgan fingerprint density at radius 3 is 2.55 bits per heavy atom. The predicted molar refractivity (Wildman–Crippen MR) is 33.5 cm³/mol. The van der Waals surface area contributed by atoms with Gasteiger partial charge in [-0.15, -0.1) is 0 Å². The first-order chi connectivity index (χ1) is 5.16.